The van der Waals surface area contributed by atoms with Crippen LogP contribution in [0.3, 0.4) is 0 Å². The Morgan fingerprint density at radius 1 is 1.30 bits per heavy atom. The first-order valence-corrected chi connectivity index (χ1v) is 7.32. The number of amides is 1. The van der Waals surface area contributed by atoms with Crippen LogP contribution in [0, 0.1) is 0 Å². The number of rotatable bonds is 6. The molecule has 1 amide bonds. The predicted molar refractivity (Wildman–Crippen MR) is 87.1 cm³/mol. The first kappa shape index (κ1) is 17.0. The van der Waals surface area contributed by atoms with Crippen molar-refractivity contribution in [1.82, 2.24) is 19.9 Å². The van der Waals surface area contributed by atoms with E-state index in [4.69, 9.17) is 23.2 Å². The molecule has 0 atom stereocenters. The van der Waals surface area contributed by atoms with E-state index in [1.54, 1.807) is 6.07 Å². The molecule has 0 unspecified atom stereocenters. The van der Waals surface area contributed by atoms with Gasteiger partial charge in [0.1, 0.15) is 12.4 Å². The highest BCUT2D eigenvalue weighted by Gasteiger charge is 2.05. The molecule has 0 bridgehead atoms. The number of aromatic nitrogens is 3. The van der Waals surface area contributed by atoms with Crippen molar-refractivity contribution in [1.29, 1.82) is 0 Å². The molecular weight excluding hydrogens is 345 g/mol. The molecule has 3 N–H and O–H groups in total. The summed E-state index contributed by atoms with van der Waals surface area (Å²) < 4.78 is 1.10. The van der Waals surface area contributed by atoms with Crippen molar-refractivity contribution in [2.24, 2.45) is 0 Å². The predicted octanol–water partition coefficient (Wildman–Crippen LogP) is 0.467. The molecule has 0 aliphatic rings. The number of carbonyl (C=O) groups excluding carboxylic acids is 1. The van der Waals surface area contributed by atoms with Crippen LogP contribution in [0.2, 0.25) is 10.0 Å². The largest absolute Gasteiger partial charge is 0.367 e. The fourth-order valence-corrected chi connectivity index (χ4v) is 2.15. The van der Waals surface area contributed by atoms with E-state index in [0.717, 1.165) is 4.57 Å². The topological polar surface area (TPSA) is 109 Å². The zero-order chi connectivity index (χ0) is 16.8. The molecule has 2 rings (SSSR count). The van der Waals surface area contributed by atoms with Crippen LogP contribution in [0.15, 0.2) is 34.1 Å². The molecule has 0 saturated carbocycles. The van der Waals surface area contributed by atoms with E-state index in [9.17, 15) is 14.4 Å². The average Bonchev–Trinajstić information content (AvgIpc) is 2.48. The zero-order valence-corrected chi connectivity index (χ0v) is 13.3. The molecule has 0 radical (unpaired) electrons. The van der Waals surface area contributed by atoms with Gasteiger partial charge in [0.05, 0.1) is 10.0 Å². The Kier molecular flexibility index (Phi) is 5.78. The van der Waals surface area contributed by atoms with Gasteiger partial charge in [0.25, 0.3) is 5.56 Å². The minimum Gasteiger partial charge on any atom is -0.367 e. The van der Waals surface area contributed by atoms with Crippen molar-refractivity contribution >= 4 is 34.9 Å². The van der Waals surface area contributed by atoms with Crippen molar-refractivity contribution in [2.75, 3.05) is 18.4 Å². The van der Waals surface area contributed by atoms with Gasteiger partial charge in [0, 0.05) is 31.5 Å². The third-order valence-corrected chi connectivity index (χ3v) is 3.25. The van der Waals surface area contributed by atoms with Crippen molar-refractivity contribution in [3.63, 3.8) is 0 Å². The van der Waals surface area contributed by atoms with E-state index >= 15 is 0 Å². The normalized spacial score (nSPS) is 10.3. The summed E-state index contributed by atoms with van der Waals surface area (Å²) in [6.45, 7) is 0.508. The van der Waals surface area contributed by atoms with Gasteiger partial charge >= 0.3 is 5.69 Å². The second-order valence-electron chi connectivity index (χ2n) is 4.50. The Labute approximate surface area is 140 Å². The lowest BCUT2D eigenvalue weighted by Crippen LogP contribution is -2.37. The number of nitrogens with one attached hydrogen (secondary N) is 3. The minimum absolute atomic E-state index is 0.185. The van der Waals surface area contributed by atoms with Crippen LogP contribution < -0.4 is 21.9 Å². The lowest BCUT2D eigenvalue weighted by Gasteiger charge is -2.09. The molecule has 2 aromatic heterocycles. The Balaban J connectivity index is 1.78. The summed E-state index contributed by atoms with van der Waals surface area (Å²) in [4.78, 5) is 40.2. The van der Waals surface area contributed by atoms with Gasteiger partial charge in [0.2, 0.25) is 5.91 Å². The third-order valence-electron chi connectivity index (χ3n) is 2.76. The summed E-state index contributed by atoms with van der Waals surface area (Å²) in [6, 6.07) is 2.73. The third kappa shape index (κ3) is 5.11. The van der Waals surface area contributed by atoms with Crippen LogP contribution >= 0.6 is 23.2 Å². The van der Waals surface area contributed by atoms with Crippen molar-refractivity contribution in [3.05, 3.63) is 55.4 Å². The maximum absolute atomic E-state index is 11.7. The Morgan fingerprint density at radius 2 is 2.09 bits per heavy atom. The van der Waals surface area contributed by atoms with E-state index in [1.807, 2.05) is 0 Å². The highest BCUT2D eigenvalue weighted by molar-refractivity contribution is 6.35. The van der Waals surface area contributed by atoms with E-state index < -0.39 is 11.2 Å². The van der Waals surface area contributed by atoms with Crippen molar-refractivity contribution in [3.8, 4) is 0 Å². The molecular formula is C13H13Cl2N5O3. The van der Waals surface area contributed by atoms with E-state index in [-0.39, 0.29) is 12.5 Å². The number of carbonyl (C=O) groups is 1. The van der Waals surface area contributed by atoms with Gasteiger partial charge in [-0.3, -0.25) is 19.1 Å². The quantitative estimate of drug-likeness (QED) is 0.651. The second kappa shape index (κ2) is 7.80. The maximum atomic E-state index is 11.7. The van der Waals surface area contributed by atoms with Gasteiger partial charge in [-0.05, 0) is 6.07 Å². The Hall–Kier alpha value is -2.32. The van der Waals surface area contributed by atoms with E-state index in [2.05, 4.69) is 20.6 Å². The average molecular weight is 358 g/mol. The zero-order valence-electron chi connectivity index (χ0n) is 11.8. The number of hydrogen-bond donors (Lipinski definition) is 3. The number of halogens is 2. The molecule has 2 aromatic rings. The summed E-state index contributed by atoms with van der Waals surface area (Å²) in [5.74, 6) is 0.0956. The van der Waals surface area contributed by atoms with Gasteiger partial charge < -0.3 is 10.6 Å². The van der Waals surface area contributed by atoms with Gasteiger partial charge in [0.15, 0.2) is 0 Å². The molecule has 23 heavy (non-hydrogen) atoms. The minimum atomic E-state index is -0.636. The summed E-state index contributed by atoms with van der Waals surface area (Å²) in [5.41, 5.74) is -1.15. The number of anilines is 1. The van der Waals surface area contributed by atoms with Crippen LogP contribution in [-0.2, 0) is 11.3 Å². The highest BCUT2D eigenvalue weighted by Crippen LogP contribution is 2.21. The number of pyridine rings is 1. The summed E-state index contributed by atoms with van der Waals surface area (Å²) in [7, 11) is 0. The van der Waals surface area contributed by atoms with Crippen molar-refractivity contribution in [2.45, 2.75) is 6.54 Å². The number of nitrogens with zero attached hydrogens (tertiary/aromatic N) is 2. The lowest BCUT2D eigenvalue weighted by molar-refractivity contribution is -0.121. The summed E-state index contributed by atoms with van der Waals surface area (Å²) >= 11 is 11.7. The summed E-state index contributed by atoms with van der Waals surface area (Å²) in [5, 5.41) is 6.38. The Bertz CT molecular complexity index is 818. The van der Waals surface area contributed by atoms with Crippen LogP contribution in [0.5, 0.6) is 0 Å². The summed E-state index contributed by atoms with van der Waals surface area (Å²) in [6.07, 6.45) is 2.72. The fourth-order valence-electron chi connectivity index (χ4n) is 1.71. The molecule has 8 nitrogen and oxygen atoms in total. The number of H-pyrrole nitrogens is 1. The van der Waals surface area contributed by atoms with Crippen LogP contribution in [0.4, 0.5) is 5.82 Å². The second-order valence-corrected chi connectivity index (χ2v) is 5.34. The van der Waals surface area contributed by atoms with E-state index in [1.165, 1.54) is 18.5 Å². The molecule has 0 spiro atoms. The molecule has 0 aliphatic carbocycles. The lowest BCUT2D eigenvalue weighted by atomic mass is 10.4. The van der Waals surface area contributed by atoms with Gasteiger partial charge in [-0.25, -0.2) is 9.78 Å². The monoisotopic (exact) mass is 357 g/mol. The molecule has 122 valence electrons. The number of hydrogen-bond acceptors (Lipinski definition) is 5. The first-order valence-electron chi connectivity index (χ1n) is 6.57. The molecule has 0 aliphatic heterocycles. The Morgan fingerprint density at radius 3 is 2.78 bits per heavy atom. The van der Waals surface area contributed by atoms with Crippen LogP contribution in [-0.4, -0.2) is 33.5 Å². The molecule has 0 saturated heterocycles. The SMILES string of the molecule is O=C(Cn1ccc(=O)[nH]c1=O)NCCNc1ncc(Cl)cc1Cl. The van der Waals surface area contributed by atoms with Gasteiger partial charge in [-0.2, -0.15) is 0 Å². The maximum Gasteiger partial charge on any atom is 0.328 e. The molecule has 10 heteroatoms. The van der Waals surface area contributed by atoms with Gasteiger partial charge in [-0.1, -0.05) is 23.2 Å². The van der Waals surface area contributed by atoms with Crippen molar-refractivity contribution < 1.29 is 4.79 Å². The molecule has 0 fully saturated rings. The van der Waals surface area contributed by atoms with E-state index in [0.29, 0.717) is 29.0 Å². The van der Waals surface area contributed by atoms with Crippen LogP contribution in [0.25, 0.3) is 0 Å². The number of aromatic amines is 1. The molecule has 0 aromatic carbocycles. The molecule has 2 heterocycles. The van der Waals surface area contributed by atoms with Crippen LogP contribution in [0.1, 0.15) is 0 Å². The first-order chi connectivity index (χ1) is 11.0. The van der Waals surface area contributed by atoms with Gasteiger partial charge in [-0.15, -0.1) is 0 Å². The fraction of sp³-hybridized carbons (Fsp3) is 0.231. The highest BCUT2D eigenvalue weighted by atomic mass is 35.5. The standard InChI is InChI=1S/C13H13Cl2N5O3/c14-8-5-9(15)12(18-6-8)17-3-2-16-11(22)7-20-4-1-10(21)19-13(20)23/h1,4-6H,2-3,7H2,(H,16,22)(H,17,18)(H,19,21,23). The smallest absolute Gasteiger partial charge is 0.328 e.